The molecule has 3 saturated heterocycles. The fourth-order valence-electron chi connectivity index (χ4n) is 6.70. The summed E-state index contributed by atoms with van der Waals surface area (Å²) in [6, 6.07) is 12.1. The molecule has 3 amide bonds. The molecule has 3 aliphatic rings. The van der Waals surface area contributed by atoms with Gasteiger partial charge in [0.25, 0.3) is 5.91 Å². The minimum Gasteiger partial charge on any atom is -0.394 e. The van der Waals surface area contributed by atoms with Crippen LogP contribution in [0, 0.1) is 11.8 Å². The predicted octanol–water partition coefficient (Wildman–Crippen LogP) is 2.76. The largest absolute Gasteiger partial charge is 0.394 e. The van der Waals surface area contributed by atoms with Gasteiger partial charge in [0, 0.05) is 25.8 Å². The lowest BCUT2D eigenvalue weighted by Crippen LogP contribution is -2.58. The van der Waals surface area contributed by atoms with E-state index in [0.29, 0.717) is 25.1 Å². The molecule has 0 aromatic heterocycles. The maximum absolute atomic E-state index is 14.5. The Labute approximate surface area is 223 Å². The summed E-state index contributed by atoms with van der Waals surface area (Å²) in [6.45, 7) is 9.57. The molecule has 6 atom stereocenters. The van der Waals surface area contributed by atoms with Crippen LogP contribution in [-0.2, 0) is 19.1 Å². The maximum atomic E-state index is 14.5. The van der Waals surface area contributed by atoms with Crippen LogP contribution in [-0.4, -0.2) is 83.2 Å². The zero-order valence-electron chi connectivity index (χ0n) is 22.0. The van der Waals surface area contributed by atoms with Gasteiger partial charge in [-0.25, -0.2) is 0 Å². The highest BCUT2D eigenvalue weighted by molar-refractivity contribution is 6.06. The highest BCUT2D eigenvalue weighted by Crippen LogP contribution is 2.59. The average molecular weight is 518 g/mol. The number of carbonyl (C=O) groups excluding carboxylic acids is 3. The molecule has 0 radical (unpaired) electrons. The maximum Gasteiger partial charge on any atom is 0.253 e. The second-order valence-corrected chi connectivity index (χ2v) is 10.6. The van der Waals surface area contributed by atoms with Gasteiger partial charge in [0.05, 0.1) is 30.6 Å². The molecular formula is C30H35N3O5. The van der Waals surface area contributed by atoms with Crippen molar-refractivity contribution in [3.63, 3.8) is 0 Å². The van der Waals surface area contributed by atoms with Gasteiger partial charge in [0.1, 0.15) is 11.6 Å². The first-order valence-electron chi connectivity index (χ1n) is 13.2. The van der Waals surface area contributed by atoms with Gasteiger partial charge in [-0.15, -0.1) is 13.2 Å². The number of anilines is 1. The molecule has 3 fully saturated rings. The van der Waals surface area contributed by atoms with Gasteiger partial charge in [-0.1, -0.05) is 42.5 Å². The van der Waals surface area contributed by atoms with E-state index in [-0.39, 0.29) is 30.9 Å². The lowest BCUT2D eigenvalue weighted by atomic mass is 9.70. The third kappa shape index (κ3) is 3.85. The van der Waals surface area contributed by atoms with Gasteiger partial charge in [0.15, 0.2) is 0 Å². The number of hydrogen-bond donors (Lipinski definition) is 1. The van der Waals surface area contributed by atoms with Gasteiger partial charge in [-0.3, -0.25) is 14.4 Å². The second-order valence-electron chi connectivity index (χ2n) is 10.6. The molecule has 3 aliphatic heterocycles. The Balaban J connectivity index is 1.58. The van der Waals surface area contributed by atoms with Crippen LogP contribution in [0.3, 0.4) is 0 Å². The molecule has 2 bridgehead atoms. The molecule has 8 heteroatoms. The van der Waals surface area contributed by atoms with E-state index in [1.807, 2.05) is 42.5 Å². The third-order valence-electron chi connectivity index (χ3n) is 8.40. The van der Waals surface area contributed by atoms with Crippen LogP contribution < -0.4 is 4.90 Å². The summed E-state index contributed by atoms with van der Waals surface area (Å²) in [5.74, 6) is -2.26. The van der Waals surface area contributed by atoms with Crippen molar-refractivity contribution in [2.45, 2.75) is 43.6 Å². The number of aliphatic hydroxyl groups is 1. The van der Waals surface area contributed by atoms with Crippen LogP contribution in [0.5, 0.6) is 0 Å². The molecule has 2 aromatic carbocycles. The molecule has 38 heavy (non-hydrogen) atoms. The summed E-state index contributed by atoms with van der Waals surface area (Å²) >= 11 is 0. The summed E-state index contributed by atoms with van der Waals surface area (Å²) in [5, 5.41) is 12.1. The average Bonchev–Trinajstić information content (AvgIpc) is 3.57. The van der Waals surface area contributed by atoms with Crippen molar-refractivity contribution in [3.8, 4) is 0 Å². The van der Waals surface area contributed by atoms with Gasteiger partial charge >= 0.3 is 0 Å². The van der Waals surface area contributed by atoms with Crippen LogP contribution >= 0.6 is 0 Å². The van der Waals surface area contributed by atoms with E-state index >= 15 is 0 Å². The van der Waals surface area contributed by atoms with Crippen molar-refractivity contribution in [2.24, 2.45) is 11.8 Å². The Morgan fingerprint density at radius 3 is 2.55 bits per heavy atom. The number of likely N-dealkylation sites (tertiary alicyclic amines) is 1. The molecule has 0 saturated carbocycles. The molecular weight excluding hydrogens is 482 g/mol. The second kappa shape index (κ2) is 10.0. The smallest absolute Gasteiger partial charge is 0.253 e. The third-order valence-corrected chi connectivity index (χ3v) is 8.40. The molecule has 2 aromatic rings. The highest BCUT2D eigenvalue weighted by Gasteiger charge is 2.75. The monoisotopic (exact) mass is 517 g/mol. The van der Waals surface area contributed by atoms with Crippen molar-refractivity contribution in [1.82, 2.24) is 9.80 Å². The number of rotatable bonds is 9. The normalized spacial score (nSPS) is 28.3. The van der Waals surface area contributed by atoms with E-state index < -0.39 is 35.6 Å². The van der Waals surface area contributed by atoms with Crippen molar-refractivity contribution in [1.29, 1.82) is 0 Å². The Morgan fingerprint density at radius 1 is 1.16 bits per heavy atom. The summed E-state index contributed by atoms with van der Waals surface area (Å²) in [6.07, 6.45) is 3.95. The molecule has 8 nitrogen and oxygen atoms in total. The first kappa shape index (κ1) is 26.1. The summed E-state index contributed by atoms with van der Waals surface area (Å²) in [5.41, 5.74) is -0.447. The Kier molecular flexibility index (Phi) is 6.88. The minimum absolute atomic E-state index is 0.183. The van der Waals surface area contributed by atoms with Crippen LogP contribution in [0.1, 0.15) is 19.8 Å². The SMILES string of the molecule is C=CCN(C)C(=O)[C@@H]1[C@@H]2CCC3(O2)C(C(=O)N(CC=C)c2ccc4ccccc4c2)N([C@H](C)CO)C(=O)[C@H]13. The van der Waals surface area contributed by atoms with Crippen molar-refractivity contribution in [3.05, 3.63) is 67.8 Å². The number of ether oxygens (including phenoxy) is 1. The van der Waals surface area contributed by atoms with Crippen LogP contribution in [0.15, 0.2) is 67.8 Å². The van der Waals surface area contributed by atoms with E-state index in [1.54, 1.807) is 35.9 Å². The summed E-state index contributed by atoms with van der Waals surface area (Å²) in [4.78, 5) is 46.7. The number of fused-ring (bicyclic) bond motifs is 2. The highest BCUT2D eigenvalue weighted by atomic mass is 16.5. The molecule has 3 heterocycles. The lowest BCUT2D eigenvalue weighted by molar-refractivity contribution is -0.146. The number of amides is 3. The van der Waals surface area contributed by atoms with Crippen LogP contribution in [0.2, 0.25) is 0 Å². The number of likely N-dealkylation sites (N-methyl/N-ethyl adjacent to an activating group) is 1. The van der Waals surface area contributed by atoms with Gasteiger partial charge < -0.3 is 24.5 Å². The fraction of sp³-hybridized carbons (Fsp3) is 0.433. The molecule has 200 valence electrons. The van der Waals surface area contributed by atoms with Crippen molar-refractivity contribution in [2.75, 3.05) is 31.6 Å². The Morgan fingerprint density at radius 2 is 1.87 bits per heavy atom. The number of carbonyl (C=O) groups is 3. The standard InChI is InChI=1S/C30H35N3O5/c1-5-15-31(4)27(35)24-23-13-14-30(38-23)25(24)28(36)33(19(3)18-34)26(30)29(37)32(16-6-2)22-12-11-20-9-7-8-10-21(20)17-22/h5-12,17,19,23-26,34H,1-2,13-16,18H2,3-4H3/t19-,23+,24-,25+,26?,30?/m1/s1. The lowest BCUT2D eigenvalue weighted by Gasteiger charge is -2.38. The van der Waals surface area contributed by atoms with E-state index in [9.17, 15) is 19.5 Å². The van der Waals surface area contributed by atoms with Gasteiger partial charge in [-0.2, -0.15) is 0 Å². The van der Waals surface area contributed by atoms with E-state index in [4.69, 9.17) is 4.74 Å². The van der Waals surface area contributed by atoms with Crippen molar-refractivity contribution < 1.29 is 24.2 Å². The topological polar surface area (TPSA) is 90.4 Å². The predicted molar refractivity (Wildman–Crippen MR) is 145 cm³/mol. The molecule has 1 N–H and O–H groups in total. The number of aliphatic hydroxyl groups excluding tert-OH is 1. The Hall–Kier alpha value is -3.49. The Bertz CT molecular complexity index is 1290. The van der Waals surface area contributed by atoms with E-state index in [2.05, 4.69) is 13.2 Å². The van der Waals surface area contributed by atoms with E-state index in [1.165, 1.54) is 4.90 Å². The molecule has 5 rings (SSSR count). The molecule has 2 unspecified atom stereocenters. The summed E-state index contributed by atoms with van der Waals surface area (Å²) in [7, 11) is 1.68. The first-order valence-corrected chi connectivity index (χ1v) is 13.2. The summed E-state index contributed by atoms with van der Waals surface area (Å²) < 4.78 is 6.52. The molecule has 1 spiro atoms. The van der Waals surface area contributed by atoms with Gasteiger partial charge in [0.2, 0.25) is 11.8 Å². The first-order chi connectivity index (χ1) is 18.3. The zero-order chi connectivity index (χ0) is 27.2. The number of nitrogens with zero attached hydrogens (tertiary/aromatic N) is 3. The number of benzene rings is 2. The molecule has 0 aliphatic carbocycles. The van der Waals surface area contributed by atoms with Crippen LogP contribution in [0.4, 0.5) is 5.69 Å². The van der Waals surface area contributed by atoms with Gasteiger partial charge in [-0.05, 0) is 42.7 Å². The number of hydrogen-bond acceptors (Lipinski definition) is 5. The van der Waals surface area contributed by atoms with Crippen molar-refractivity contribution >= 4 is 34.2 Å². The minimum atomic E-state index is -1.13. The van der Waals surface area contributed by atoms with Crippen LogP contribution in [0.25, 0.3) is 10.8 Å². The zero-order valence-corrected chi connectivity index (χ0v) is 22.0. The quantitative estimate of drug-likeness (QED) is 0.517. The van der Waals surface area contributed by atoms with E-state index in [0.717, 1.165) is 10.8 Å². The fourth-order valence-corrected chi connectivity index (χ4v) is 6.70.